The minimum Gasteiger partial charge on any atom is -0.481 e. The molecule has 4 unspecified atom stereocenters. The standard InChI is InChI=1S/C28H30N2O4.C18H15NO3.C16H21NO3.2C15H19NO3.C14H10ClNO3.C12H21NO3/c1-2-24(21-11-5-3-6-12-21)27(32)29-23-18-16-20(17-19-23)10-9-15-25(31)30-26(28(33)34)22-13-7-4-8-14-22;20-17(12-8-14-4-2-1-3-5-14)19-16-10-6-15(7-11-16)9-13-18(21)22;18-15(10-12-4-2-1-3-5-12)17-14-8-6-13(7-9-14)11-16(19)20;17-14(18)10-11-6-8-13(9-7-11)16-15(19)12-4-2-1-3-5-12;17-14(10-11-4-2-1-3-5-11)16-13-8-6-12(7-9-13)15(18)19;15-12-4-2-1-3-11(12)13(17)16-10-7-5-9(6-8-10)14(18)19;1-9-5-2-3-6-10(9)12(16)13-8-4-7-11(14)15/h3-8,11-14,16-19,24,26H,2,9-10,15H2,1H3,(H,29,32)(H,30,31)(H,33,34);1-13H,(H,19,20)(H,21,22);6-9,12H,1-5,10-11H2,(H,17,18)(H,19,20);6-9,12H,1-5,10H2,(H,16,19)(H,17,18);6-9,11H,1-5,10H2,(H,16,17)(H,18,19);1-8H,(H,16,17)(H,18,19);9-10H,2-8H2,1H3,(H,13,16)(H,14,15)/b;12-8+,13-9+;;;;;. The molecule has 10 aromatic carbocycles. The molecule has 0 aliphatic heterocycles. The zero-order valence-electron chi connectivity index (χ0n) is 84.0. The monoisotopic (exact) mass is 2050 g/mol. The molecule has 0 saturated heterocycles. The van der Waals surface area contributed by atoms with Crippen LogP contribution in [0.4, 0.5) is 34.1 Å². The van der Waals surface area contributed by atoms with E-state index < -0.39 is 47.8 Å². The van der Waals surface area contributed by atoms with Crippen LogP contribution in [-0.2, 0) is 76.8 Å². The number of carbonyl (C=O) groups is 15. The third-order valence-electron chi connectivity index (χ3n) is 25.3. The third kappa shape index (κ3) is 46.5. The quantitative estimate of drug-likeness (QED) is 0.0127. The predicted octanol–water partition coefficient (Wildman–Crippen LogP) is 23.0. The molecule has 30 nitrogen and oxygen atoms in total. The maximum absolute atomic E-state index is 12.7. The Balaban J connectivity index is 0.000000215. The molecule has 786 valence electrons. The fraction of sp³-hybridized carbons (Fsp3) is 0.331. The van der Waals surface area contributed by atoms with E-state index in [1.807, 2.05) is 91.9 Å². The second kappa shape index (κ2) is 65.5. The second-order valence-corrected chi connectivity index (χ2v) is 37.3. The van der Waals surface area contributed by atoms with Crippen molar-refractivity contribution in [1.29, 1.82) is 0 Å². The lowest BCUT2D eigenvalue weighted by Gasteiger charge is -2.27. The van der Waals surface area contributed by atoms with Crippen LogP contribution in [0.15, 0.2) is 273 Å². The van der Waals surface area contributed by atoms with Crippen LogP contribution in [0.1, 0.15) is 263 Å². The Morgan fingerprint density at radius 2 is 0.792 bits per heavy atom. The van der Waals surface area contributed by atoms with E-state index in [9.17, 15) is 77.0 Å². The van der Waals surface area contributed by atoms with Crippen molar-refractivity contribution in [2.24, 2.45) is 29.6 Å². The molecule has 4 saturated carbocycles. The third-order valence-corrected chi connectivity index (χ3v) is 25.6. The van der Waals surface area contributed by atoms with Gasteiger partial charge < -0.3 is 78.3 Å². The lowest BCUT2D eigenvalue weighted by atomic mass is 9.80. The number of anilines is 6. The van der Waals surface area contributed by atoms with Gasteiger partial charge in [0.1, 0.15) is 0 Å². The molecule has 15 N–H and O–H groups in total. The van der Waals surface area contributed by atoms with Crippen LogP contribution in [0.5, 0.6) is 0 Å². The Hall–Kier alpha value is -16.0. The number of carboxylic acid groups (broad SMARTS) is 7. The Labute approximate surface area is 873 Å². The summed E-state index contributed by atoms with van der Waals surface area (Å²) in [5.41, 5.74) is 10.5. The van der Waals surface area contributed by atoms with Gasteiger partial charge in [0.05, 0.1) is 40.5 Å². The lowest BCUT2D eigenvalue weighted by molar-refractivity contribution is -0.142. The summed E-state index contributed by atoms with van der Waals surface area (Å²) in [6, 6.07) is 74.2. The van der Waals surface area contributed by atoms with E-state index in [0.29, 0.717) is 96.0 Å². The predicted molar refractivity (Wildman–Crippen MR) is 577 cm³/mol. The van der Waals surface area contributed by atoms with Crippen LogP contribution in [-0.4, -0.2) is 131 Å². The average Bonchev–Trinajstić information content (AvgIpc) is 0.743. The fourth-order valence-corrected chi connectivity index (χ4v) is 17.5. The molecular formula is C118H135ClN8O22. The van der Waals surface area contributed by atoms with Crippen LogP contribution in [0.25, 0.3) is 12.2 Å². The number of nitrogens with one attached hydrogen (secondary N) is 8. The SMILES string of the molecule is CC1CCCCC1C(=O)NCCCC(=O)O.CCC(C(=O)Nc1ccc(CCCC(=O)NC(C(=O)O)c2ccccc2)cc1)c1ccccc1.O=C(CC1CCCCC1)Nc1ccc(C(=O)O)cc1.O=C(O)/C=C/c1ccc(NC(=O)/C=C/c2ccccc2)cc1.O=C(O)Cc1ccc(NC(=O)C2CCCCC2)cc1.O=C(O)Cc1ccc(NC(=O)CC2CCCCC2)cc1.O=C(O)c1ccc(NC(=O)c2ccccc2Cl)cc1. The summed E-state index contributed by atoms with van der Waals surface area (Å²) >= 11 is 5.91. The van der Waals surface area contributed by atoms with E-state index in [4.69, 9.17) is 42.2 Å². The first-order valence-corrected chi connectivity index (χ1v) is 50.9. The van der Waals surface area contributed by atoms with Crippen molar-refractivity contribution < 1.29 is 108 Å². The number of aliphatic carboxylic acids is 5. The van der Waals surface area contributed by atoms with Crippen LogP contribution in [0.2, 0.25) is 5.02 Å². The lowest BCUT2D eigenvalue weighted by Crippen LogP contribution is -2.36. The Kier molecular flexibility index (Phi) is 52.0. The van der Waals surface area contributed by atoms with Gasteiger partial charge in [0, 0.05) is 90.3 Å². The summed E-state index contributed by atoms with van der Waals surface area (Å²) in [5, 5.41) is 84.1. The zero-order chi connectivity index (χ0) is 108. The van der Waals surface area contributed by atoms with Crippen molar-refractivity contribution >= 4 is 147 Å². The number of aromatic carboxylic acids is 2. The summed E-state index contributed by atoms with van der Waals surface area (Å²) in [7, 11) is 0. The Morgan fingerprint density at radius 3 is 1.26 bits per heavy atom. The molecule has 0 aromatic heterocycles. The summed E-state index contributed by atoms with van der Waals surface area (Å²) in [4.78, 5) is 171. The highest BCUT2D eigenvalue weighted by Gasteiger charge is 2.29. The van der Waals surface area contributed by atoms with Crippen molar-refractivity contribution in [2.45, 2.75) is 212 Å². The number of hydrogen-bond donors (Lipinski definition) is 15. The summed E-state index contributed by atoms with van der Waals surface area (Å²) in [6.45, 7) is 4.60. The fourth-order valence-electron chi connectivity index (χ4n) is 17.3. The molecule has 14 rings (SSSR count). The zero-order valence-corrected chi connectivity index (χ0v) is 84.8. The minimum absolute atomic E-state index is 0.0102. The van der Waals surface area contributed by atoms with Gasteiger partial charge in [0.15, 0.2) is 6.04 Å². The summed E-state index contributed by atoms with van der Waals surface area (Å²) in [6.07, 6.45) is 31.8. The maximum Gasteiger partial charge on any atom is 0.335 e. The molecule has 31 heteroatoms. The first-order valence-electron chi connectivity index (χ1n) is 50.5. The van der Waals surface area contributed by atoms with Crippen LogP contribution < -0.4 is 42.5 Å². The Bertz CT molecular complexity index is 6020. The molecule has 4 aliphatic carbocycles. The first-order chi connectivity index (χ1) is 71.7. The van der Waals surface area contributed by atoms with Crippen molar-refractivity contribution in [3.63, 3.8) is 0 Å². The van der Waals surface area contributed by atoms with E-state index >= 15 is 0 Å². The maximum atomic E-state index is 12.7. The van der Waals surface area contributed by atoms with E-state index in [0.717, 1.165) is 127 Å². The number of amides is 8. The number of halogens is 1. The van der Waals surface area contributed by atoms with E-state index in [1.54, 1.807) is 146 Å². The largest absolute Gasteiger partial charge is 0.481 e. The highest BCUT2D eigenvalue weighted by molar-refractivity contribution is 6.34. The highest BCUT2D eigenvalue weighted by atomic mass is 35.5. The average molecular weight is 2050 g/mol. The van der Waals surface area contributed by atoms with E-state index in [2.05, 4.69) is 49.5 Å². The van der Waals surface area contributed by atoms with Crippen LogP contribution in [0, 0.1) is 29.6 Å². The van der Waals surface area contributed by atoms with Gasteiger partial charge in [-0.3, -0.25) is 52.7 Å². The molecule has 4 aliphatic rings. The number of carboxylic acids is 7. The number of benzene rings is 10. The number of hydrogen-bond acceptors (Lipinski definition) is 15. The molecule has 4 fully saturated rings. The van der Waals surface area contributed by atoms with E-state index in [1.165, 1.54) is 99.9 Å². The summed E-state index contributed by atoms with van der Waals surface area (Å²) in [5.74, 6) is -5.62. The van der Waals surface area contributed by atoms with Crippen LogP contribution in [0.3, 0.4) is 0 Å². The molecular weight excluding hydrogens is 1920 g/mol. The number of carbonyl (C=O) groups excluding carboxylic acids is 8. The smallest absolute Gasteiger partial charge is 0.335 e. The number of rotatable bonds is 37. The summed E-state index contributed by atoms with van der Waals surface area (Å²) < 4.78 is 0. The van der Waals surface area contributed by atoms with Crippen molar-refractivity contribution in [2.75, 3.05) is 38.4 Å². The van der Waals surface area contributed by atoms with Gasteiger partial charge in [0.2, 0.25) is 41.4 Å². The van der Waals surface area contributed by atoms with Gasteiger partial charge in [-0.1, -0.05) is 248 Å². The molecule has 0 radical (unpaired) electrons. The second-order valence-electron chi connectivity index (χ2n) is 36.9. The minimum atomic E-state index is -1.09. The Morgan fingerprint density at radius 1 is 0.376 bits per heavy atom. The van der Waals surface area contributed by atoms with Crippen molar-refractivity contribution in [3.05, 3.63) is 334 Å². The number of aryl methyl sites for hydroxylation is 1. The van der Waals surface area contributed by atoms with Gasteiger partial charge in [-0.2, -0.15) is 0 Å². The molecule has 8 amide bonds. The molecule has 0 bridgehead atoms. The van der Waals surface area contributed by atoms with Crippen molar-refractivity contribution in [1.82, 2.24) is 10.6 Å². The van der Waals surface area contributed by atoms with Gasteiger partial charge in [-0.05, 0) is 255 Å². The molecule has 0 spiro atoms. The normalized spacial score (nSPS) is 14.6. The highest BCUT2D eigenvalue weighted by Crippen LogP contribution is 2.33. The van der Waals surface area contributed by atoms with Crippen molar-refractivity contribution in [3.8, 4) is 0 Å². The van der Waals surface area contributed by atoms with Gasteiger partial charge in [-0.15, -0.1) is 0 Å². The molecule has 149 heavy (non-hydrogen) atoms. The first kappa shape index (κ1) is 118. The molecule has 4 atom stereocenters. The van der Waals surface area contributed by atoms with Crippen LogP contribution >= 0.6 is 11.6 Å². The van der Waals surface area contributed by atoms with Gasteiger partial charge >= 0.3 is 41.8 Å². The van der Waals surface area contributed by atoms with Gasteiger partial charge in [-0.25, -0.2) is 19.2 Å². The molecule has 0 heterocycles. The topological polar surface area (TPSA) is 494 Å². The van der Waals surface area contributed by atoms with Gasteiger partial charge in [0.25, 0.3) is 5.91 Å². The molecule has 10 aromatic rings. The van der Waals surface area contributed by atoms with E-state index in [-0.39, 0.29) is 102 Å².